The fourth-order valence-corrected chi connectivity index (χ4v) is 0.851. The molecule has 1 radical (unpaired) electrons. The average molecular weight is 151 g/mol. The monoisotopic (exact) mass is 151 g/mol. The van der Waals surface area contributed by atoms with Crippen LogP contribution in [-0.4, -0.2) is 23.7 Å². The number of rotatable bonds is 4. The molecule has 0 bridgehead atoms. The maximum absolute atomic E-state index is 8.81. The van der Waals surface area contributed by atoms with E-state index >= 15 is 0 Å². The van der Waals surface area contributed by atoms with Crippen molar-refractivity contribution in [2.45, 2.75) is 12.2 Å². The SMILES string of the molecule is C[B]C(O)SCOP. The van der Waals surface area contributed by atoms with Crippen LogP contribution in [0.1, 0.15) is 0 Å². The van der Waals surface area contributed by atoms with Gasteiger partial charge in [0.1, 0.15) is 0 Å². The summed E-state index contributed by atoms with van der Waals surface area (Å²) in [6, 6.07) is 0. The molecule has 0 heterocycles. The summed E-state index contributed by atoms with van der Waals surface area (Å²) in [7, 11) is 3.82. The maximum atomic E-state index is 8.81. The molecule has 0 saturated carbocycles. The number of hydrogen-bond acceptors (Lipinski definition) is 3. The number of hydrogen-bond donors (Lipinski definition) is 1. The topological polar surface area (TPSA) is 29.5 Å². The Kier molecular flexibility index (Phi) is 6.46. The molecule has 0 aromatic rings. The molecule has 0 aromatic heterocycles. The second-order valence-electron chi connectivity index (χ2n) is 1.18. The summed E-state index contributed by atoms with van der Waals surface area (Å²) in [5.74, 6) is 0.510. The van der Waals surface area contributed by atoms with Gasteiger partial charge in [-0.3, -0.25) is 0 Å². The molecule has 47 valence electrons. The van der Waals surface area contributed by atoms with Gasteiger partial charge in [-0.1, -0.05) is 6.82 Å². The van der Waals surface area contributed by atoms with Crippen LogP contribution in [0.15, 0.2) is 0 Å². The molecular formula is C3H9BO2PS. The lowest BCUT2D eigenvalue weighted by molar-refractivity contribution is 0.332. The average Bonchev–Trinajstić information content (AvgIpc) is 1.83. The lowest BCUT2D eigenvalue weighted by atomic mass is 9.84. The third-order valence-corrected chi connectivity index (χ3v) is 1.89. The quantitative estimate of drug-likeness (QED) is 0.360. The van der Waals surface area contributed by atoms with Crippen molar-refractivity contribution in [3.05, 3.63) is 0 Å². The minimum Gasteiger partial charge on any atom is -0.392 e. The zero-order chi connectivity index (χ0) is 6.41. The van der Waals surface area contributed by atoms with Crippen LogP contribution in [0.5, 0.6) is 0 Å². The Balaban J connectivity index is 2.86. The third-order valence-electron chi connectivity index (χ3n) is 0.592. The zero-order valence-electron chi connectivity index (χ0n) is 4.70. The largest absolute Gasteiger partial charge is 0.392 e. The Morgan fingerprint density at radius 2 is 2.62 bits per heavy atom. The Morgan fingerprint density at radius 3 is 3.00 bits per heavy atom. The van der Waals surface area contributed by atoms with E-state index in [0.717, 1.165) is 0 Å². The Hall–Kier alpha value is 0.765. The molecule has 0 amide bonds. The Bertz CT molecular complexity index is 56.5. The van der Waals surface area contributed by atoms with Crippen LogP contribution in [0.4, 0.5) is 0 Å². The summed E-state index contributed by atoms with van der Waals surface area (Å²) in [4.78, 5) is 0. The van der Waals surface area contributed by atoms with Gasteiger partial charge < -0.3 is 9.63 Å². The second-order valence-corrected chi connectivity index (χ2v) is 2.56. The summed E-state index contributed by atoms with van der Waals surface area (Å²) in [6.45, 7) is 1.81. The van der Waals surface area contributed by atoms with E-state index < -0.39 is 5.34 Å². The van der Waals surface area contributed by atoms with E-state index in [1.54, 1.807) is 14.1 Å². The lowest BCUT2D eigenvalue weighted by Crippen LogP contribution is -2.07. The van der Waals surface area contributed by atoms with Crippen molar-refractivity contribution in [3.63, 3.8) is 0 Å². The van der Waals surface area contributed by atoms with Crippen molar-refractivity contribution in [3.8, 4) is 0 Å². The normalized spacial score (nSPS) is 13.4. The van der Waals surface area contributed by atoms with Crippen LogP contribution < -0.4 is 0 Å². The fourth-order valence-electron chi connectivity index (χ4n) is 0.205. The summed E-state index contributed by atoms with van der Waals surface area (Å²) >= 11 is 1.33. The minimum atomic E-state index is -0.393. The molecule has 0 aromatic carbocycles. The highest BCUT2D eigenvalue weighted by Crippen LogP contribution is 2.07. The molecule has 0 saturated heterocycles. The van der Waals surface area contributed by atoms with Gasteiger partial charge in [0.05, 0.1) is 11.3 Å². The molecule has 0 aliphatic rings. The highest BCUT2D eigenvalue weighted by atomic mass is 32.2. The van der Waals surface area contributed by atoms with E-state index in [4.69, 9.17) is 5.11 Å². The fraction of sp³-hybridized carbons (Fsp3) is 1.00. The van der Waals surface area contributed by atoms with Gasteiger partial charge in [0.25, 0.3) is 0 Å². The van der Waals surface area contributed by atoms with E-state index in [9.17, 15) is 0 Å². The van der Waals surface area contributed by atoms with Crippen LogP contribution in [0.3, 0.4) is 0 Å². The Labute approximate surface area is 56.9 Å². The molecule has 0 rings (SSSR count). The van der Waals surface area contributed by atoms with Crippen LogP contribution in [0, 0.1) is 0 Å². The molecule has 2 nitrogen and oxygen atoms in total. The van der Waals surface area contributed by atoms with Crippen LogP contribution in [0.25, 0.3) is 0 Å². The van der Waals surface area contributed by atoms with Crippen molar-refractivity contribution in [1.29, 1.82) is 0 Å². The molecule has 8 heavy (non-hydrogen) atoms. The molecule has 0 fully saturated rings. The highest BCUT2D eigenvalue weighted by Gasteiger charge is 1.98. The third kappa shape index (κ3) is 4.91. The number of aliphatic hydroxyl groups excluding tert-OH is 1. The van der Waals surface area contributed by atoms with Gasteiger partial charge >= 0.3 is 0 Å². The zero-order valence-corrected chi connectivity index (χ0v) is 6.67. The van der Waals surface area contributed by atoms with Gasteiger partial charge in [-0.2, -0.15) is 0 Å². The maximum Gasteiger partial charge on any atom is 0.160 e. The predicted octanol–water partition coefficient (Wildman–Crippen LogP) is 0.512. The van der Waals surface area contributed by atoms with E-state index in [-0.39, 0.29) is 0 Å². The van der Waals surface area contributed by atoms with Gasteiger partial charge in [-0.15, -0.1) is 11.8 Å². The highest BCUT2D eigenvalue weighted by molar-refractivity contribution is 8.00. The van der Waals surface area contributed by atoms with Crippen molar-refractivity contribution in [2.75, 3.05) is 5.94 Å². The van der Waals surface area contributed by atoms with Gasteiger partial charge in [-0.05, 0) is 0 Å². The van der Waals surface area contributed by atoms with Gasteiger partial charge in [0, 0.05) is 9.47 Å². The molecule has 0 aliphatic carbocycles. The van der Waals surface area contributed by atoms with Gasteiger partial charge in [0.15, 0.2) is 7.28 Å². The van der Waals surface area contributed by atoms with Crippen molar-refractivity contribution < 1.29 is 9.63 Å². The number of aliphatic hydroxyl groups is 1. The lowest BCUT2D eigenvalue weighted by Gasteiger charge is -2.03. The van der Waals surface area contributed by atoms with E-state index in [1.165, 1.54) is 11.8 Å². The first-order valence-corrected chi connectivity index (χ1v) is 3.74. The van der Waals surface area contributed by atoms with E-state index in [1.807, 2.05) is 0 Å². The van der Waals surface area contributed by atoms with Gasteiger partial charge in [-0.25, -0.2) is 0 Å². The summed E-state index contributed by atoms with van der Waals surface area (Å²) in [5.41, 5.74) is 0. The first kappa shape index (κ1) is 8.76. The molecule has 5 heteroatoms. The first-order valence-electron chi connectivity index (χ1n) is 2.22. The van der Waals surface area contributed by atoms with Crippen LogP contribution >= 0.6 is 21.2 Å². The second kappa shape index (κ2) is 5.89. The Morgan fingerprint density at radius 1 is 2.00 bits per heavy atom. The minimum absolute atomic E-state index is 0.393. The smallest absolute Gasteiger partial charge is 0.160 e. The van der Waals surface area contributed by atoms with Crippen molar-refractivity contribution in [1.82, 2.24) is 0 Å². The van der Waals surface area contributed by atoms with E-state index in [0.29, 0.717) is 5.94 Å². The molecule has 0 spiro atoms. The van der Waals surface area contributed by atoms with Crippen LogP contribution in [-0.2, 0) is 4.52 Å². The summed E-state index contributed by atoms with van der Waals surface area (Å²) in [6.07, 6.45) is 0. The predicted molar refractivity (Wildman–Crippen MR) is 40.9 cm³/mol. The molecule has 2 unspecified atom stereocenters. The van der Waals surface area contributed by atoms with Gasteiger partial charge in [0.2, 0.25) is 0 Å². The van der Waals surface area contributed by atoms with E-state index in [2.05, 4.69) is 14.0 Å². The summed E-state index contributed by atoms with van der Waals surface area (Å²) < 4.78 is 4.61. The standard InChI is InChI=1S/C3H9BO2PS/c1-4-3(5)8-2-6-7/h3,5H,2,7H2,1H3. The molecule has 1 N–H and O–H groups in total. The molecular weight excluding hydrogens is 142 g/mol. The molecule has 2 atom stereocenters. The first-order chi connectivity index (χ1) is 3.81. The van der Waals surface area contributed by atoms with Crippen molar-refractivity contribution >= 4 is 28.5 Å². The van der Waals surface area contributed by atoms with Crippen molar-refractivity contribution in [2.24, 2.45) is 0 Å². The van der Waals surface area contributed by atoms with Crippen LogP contribution in [0.2, 0.25) is 6.82 Å². The summed E-state index contributed by atoms with van der Waals surface area (Å²) in [5, 5.41) is 8.41. The number of thioether (sulfide) groups is 1. The molecule has 0 aliphatic heterocycles.